The maximum atomic E-state index is 12.3. The summed E-state index contributed by atoms with van der Waals surface area (Å²) in [5.41, 5.74) is 6.17. The minimum Gasteiger partial charge on any atom is -0.324 e. The zero-order chi connectivity index (χ0) is 16.0. The highest BCUT2D eigenvalue weighted by atomic mass is 32.2. The molecular formula is C14H19F3N2OS. The normalized spacial score (nSPS) is 14.6. The molecule has 2 atom stereocenters. The van der Waals surface area contributed by atoms with E-state index in [1.807, 2.05) is 13.8 Å². The number of carbonyl (C=O) groups is 1. The van der Waals surface area contributed by atoms with Gasteiger partial charge in [0.1, 0.15) is 0 Å². The first-order chi connectivity index (χ1) is 9.74. The lowest BCUT2D eigenvalue weighted by Crippen LogP contribution is -2.40. The van der Waals surface area contributed by atoms with E-state index in [2.05, 4.69) is 5.32 Å². The number of anilines is 1. The molecule has 0 fully saturated rings. The molecule has 7 heteroatoms. The van der Waals surface area contributed by atoms with Crippen LogP contribution in [0.3, 0.4) is 0 Å². The number of para-hydroxylation sites is 1. The number of amides is 1. The first-order valence-corrected chi connectivity index (χ1v) is 7.58. The fourth-order valence-electron chi connectivity index (χ4n) is 1.58. The maximum Gasteiger partial charge on any atom is 0.398 e. The molecule has 0 aliphatic rings. The van der Waals surface area contributed by atoms with E-state index in [1.54, 1.807) is 24.3 Å². The smallest absolute Gasteiger partial charge is 0.324 e. The number of hydrogen-bond donors (Lipinski definition) is 2. The molecule has 0 saturated heterocycles. The Balaban J connectivity index is 2.77. The summed E-state index contributed by atoms with van der Waals surface area (Å²) < 4.78 is 36.9. The molecule has 0 radical (unpaired) electrons. The molecule has 0 aromatic heterocycles. The Labute approximate surface area is 126 Å². The van der Waals surface area contributed by atoms with Gasteiger partial charge in [0.05, 0.1) is 17.5 Å². The van der Waals surface area contributed by atoms with Crippen LogP contribution in [0.1, 0.15) is 20.3 Å². The molecule has 3 nitrogen and oxygen atoms in total. The number of thioether (sulfide) groups is 1. The number of carbonyl (C=O) groups excluding carboxylic acids is 1. The van der Waals surface area contributed by atoms with Crippen molar-refractivity contribution in [3.05, 3.63) is 24.3 Å². The summed E-state index contributed by atoms with van der Waals surface area (Å²) in [7, 11) is 0. The minimum atomic E-state index is -4.26. The van der Waals surface area contributed by atoms with Gasteiger partial charge in [0.2, 0.25) is 5.91 Å². The molecule has 0 saturated carbocycles. The second-order valence-corrected chi connectivity index (χ2v) is 5.82. The van der Waals surface area contributed by atoms with E-state index < -0.39 is 18.0 Å². The second kappa shape index (κ2) is 7.70. The van der Waals surface area contributed by atoms with Gasteiger partial charge in [-0.1, -0.05) is 32.4 Å². The third-order valence-corrected chi connectivity index (χ3v) is 4.23. The fraction of sp³-hybridized carbons (Fsp3) is 0.500. The van der Waals surface area contributed by atoms with Crippen LogP contribution >= 0.6 is 11.8 Å². The van der Waals surface area contributed by atoms with Crippen LogP contribution in [0.4, 0.5) is 18.9 Å². The number of hydrogen-bond acceptors (Lipinski definition) is 3. The van der Waals surface area contributed by atoms with Gasteiger partial charge in [-0.15, -0.1) is 11.8 Å². The van der Waals surface area contributed by atoms with Crippen LogP contribution in [0.15, 0.2) is 29.2 Å². The third kappa shape index (κ3) is 5.97. The van der Waals surface area contributed by atoms with Gasteiger partial charge in [0, 0.05) is 4.90 Å². The molecule has 0 bridgehead atoms. The molecule has 1 rings (SSSR count). The van der Waals surface area contributed by atoms with Crippen molar-refractivity contribution in [2.45, 2.75) is 37.4 Å². The summed E-state index contributed by atoms with van der Waals surface area (Å²) in [5, 5.41) is 2.61. The summed E-state index contributed by atoms with van der Waals surface area (Å²) in [5.74, 6) is -1.39. The number of rotatable bonds is 6. The number of alkyl halides is 3. The molecule has 0 aliphatic heterocycles. The van der Waals surface area contributed by atoms with Crippen LogP contribution in [0, 0.1) is 5.92 Å². The Bertz CT molecular complexity index is 480. The number of benzene rings is 1. The molecule has 21 heavy (non-hydrogen) atoms. The molecule has 118 valence electrons. The summed E-state index contributed by atoms with van der Waals surface area (Å²) >= 11 is 0.641. The molecule has 1 aromatic carbocycles. The highest BCUT2D eigenvalue weighted by Crippen LogP contribution is 2.32. The van der Waals surface area contributed by atoms with Gasteiger partial charge >= 0.3 is 6.18 Å². The quantitative estimate of drug-likeness (QED) is 0.787. The number of nitrogens with two attached hydrogens (primary N) is 1. The Morgan fingerprint density at radius 1 is 1.38 bits per heavy atom. The molecule has 0 aliphatic carbocycles. The topological polar surface area (TPSA) is 55.1 Å². The first kappa shape index (κ1) is 17.8. The third-order valence-electron chi connectivity index (χ3n) is 3.10. The number of nitrogens with one attached hydrogen (secondary N) is 1. The van der Waals surface area contributed by atoms with Crippen molar-refractivity contribution < 1.29 is 18.0 Å². The minimum absolute atomic E-state index is 0.00000884. The highest BCUT2D eigenvalue weighted by molar-refractivity contribution is 7.99. The number of halogens is 3. The van der Waals surface area contributed by atoms with Gasteiger partial charge in [-0.05, 0) is 18.1 Å². The zero-order valence-electron chi connectivity index (χ0n) is 11.9. The summed E-state index contributed by atoms with van der Waals surface area (Å²) in [6.07, 6.45) is -3.51. The summed E-state index contributed by atoms with van der Waals surface area (Å²) in [6, 6.07) is 5.71. The largest absolute Gasteiger partial charge is 0.398 e. The first-order valence-electron chi connectivity index (χ1n) is 6.59. The lowest BCUT2D eigenvalue weighted by atomic mass is 9.99. The van der Waals surface area contributed by atoms with Crippen LogP contribution in [0.2, 0.25) is 0 Å². The Morgan fingerprint density at radius 2 is 2.00 bits per heavy atom. The monoisotopic (exact) mass is 320 g/mol. The SMILES string of the molecule is CC[C@H](C)[C@H](N)C(=O)Nc1ccccc1SCC(F)(F)F. The predicted molar refractivity (Wildman–Crippen MR) is 79.3 cm³/mol. The average molecular weight is 320 g/mol. The van der Waals surface area contributed by atoms with Gasteiger partial charge < -0.3 is 11.1 Å². The molecule has 0 spiro atoms. The van der Waals surface area contributed by atoms with Crippen LogP contribution in [-0.2, 0) is 4.79 Å². The molecule has 1 aromatic rings. The van der Waals surface area contributed by atoms with E-state index >= 15 is 0 Å². The standard InChI is InChI=1S/C14H19F3N2OS/c1-3-9(2)12(18)13(20)19-10-6-4-5-7-11(10)21-8-14(15,16)17/h4-7,9,12H,3,8,18H2,1-2H3,(H,19,20)/t9-,12-/m0/s1. The second-order valence-electron chi connectivity index (χ2n) is 4.80. The predicted octanol–water partition coefficient (Wildman–Crippen LogP) is 3.65. The Morgan fingerprint density at radius 3 is 2.57 bits per heavy atom. The average Bonchev–Trinajstić information content (AvgIpc) is 2.43. The fourth-order valence-corrected chi connectivity index (χ4v) is 2.35. The lowest BCUT2D eigenvalue weighted by molar-refractivity contribution is -0.118. The van der Waals surface area contributed by atoms with Gasteiger partial charge in [0.25, 0.3) is 0 Å². The van der Waals surface area contributed by atoms with E-state index in [1.165, 1.54) is 0 Å². The van der Waals surface area contributed by atoms with Crippen LogP contribution < -0.4 is 11.1 Å². The van der Waals surface area contributed by atoms with Crippen molar-refractivity contribution in [3.63, 3.8) is 0 Å². The van der Waals surface area contributed by atoms with Crippen molar-refractivity contribution in [1.29, 1.82) is 0 Å². The molecule has 1 amide bonds. The van der Waals surface area contributed by atoms with Crippen molar-refractivity contribution in [3.8, 4) is 0 Å². The molecule has 0 unspecified atom stereocenters. The van der Waals surface area contributed by atoms with Crippen LogP contribution in [0.25, 0.3) is 0 Å². The summed E-state index contributed by atoms with van der Waals surface area (Å²) in [4.78, 5) is 12.4. The van der Waals surface area contributed by atoms with Gasteiger partial charge in [-0.3, -0.25) is 4.79 Å². The zero-order valence-corrected chi connectivity index (χ0v) is 12.7. The van der Waals surface area contributed by atoms with Crippen molar-refractivity contribution >= 4 is 23.4 Å². The Hall–Kier alpha value is -1.21. The molecule has 0 heterocycles. The van der Waals surface area contributed by atoms with Crippen LogP contribution in [0.5, 0.6) is 0 Å². The van der Waals surface area contributed by atoms with E-state index in [9.17, 15) is 18.0 Å². The van der Waals surface area contributed by atoms with Crippen molar-refractivity contribution in [1.82, 2.24) is 0 Å². The van der Waals surface area contributed by atoms with E-state index in [0.29, 0.717) is 22.3 Å². The van der Waals surface area contributed by atoms with Crippen molar-refractivity contribution in [2.24, 2.45) is 11.7 Å². The van der Waals surface area contributed by atoms with Crippen LogP contribution in [-0.4, -0.2) is 23.9 Å². The van der Waals surface area contributed by atoms with E-state index in [-0.39, 0.29) is 11.8 Å². The van der Waals surface area contributed by atoms with Crippen molar-refractivity contribution in [2.75, 3.05) is 11.1 Å². The van der Waals surface area contributed by atoms with Gasteiger partial charge in [-0.2, -0.15) is 13.2 Å². The highest BCUT2D eigenvalue weighted by Gasteiger charge is 2.28. The van der Waals surface area contributed by atoms with Gasteiger partial charge in [0.15, 0.2) is 0 Å². The molecular weight excluding hydrogens is 301 g/mol. The Kier molecular flexibility index (Phi) is 6.54. The lowest BCUT2D eigenvalue weighted by Gasteiger charge is -2.19. The van der Waals surface area contributed by atoms with E-state index in [0.717, 1.165) is 6.42 Å². The van der Waals surface area contributed by atoms with E-state index in [4.69, 9.17) is 5.73 Å². The maximum absolute atomic E-state index is 12.3. The summed E-state index contributed by atoms with van der Waals surface area (Å²) in [6.45, 7) is 3.78. The molecule has 3 N–H and O–H groups in total. The van der Waals surface area contributed by atoms with Gasteiger partial charge in [-0.25, -0.2) is 0 Å².